The number of nitrogens with one attached hydrogen (secondary N) is 2. The number of hydrogen-bond acceptors (Lipinski definition) is 2. The van der Waals surface area contributed by atoms with E-state index in [9.17, 15) is 0 Å². The summed E-state index contributed by atoms with van der Waals surface area (Å²) < 4.78 is 5.57. The highest BCUT2D eigenvalue weighted by atomic mass is 127. The molecule has 2 unspecified atom stereocenters. The van der Waals surface area contributed by atoms with Crippen molar-refractivity contribution < 1.29 is 4.74 Å². The molecule has 2 atom stereocenters. The van der Waals surface area contributed by atoms with Gasteiger partial charge in [-0.05, 0) is 38.0 Å². The standard InChI is InChI=1S/C13H25N3O.HI/c1-3-14-13(16-12-8-10(12)2)15-6-7-17-9-11-4-5-11;/h10-12H,3-9H2,1-2H3,(H2,14,15,16);1H. The second kappa shape index (κ2) is 8.19. The van der Waals surface area contributed by atoms with E-state index in [1.807, 2.05) is 0 Å². The maximum absolute atomic E-state index is 5.57. The van der Waals surface area contributed by atoms with Gasteiger partial charge in [0.1, 0.15) is 0 Å². The van der Waals surface area contributed by atoms with Crippen LogP contribution in [0.5, 0.6) is 0 Å². The Morgan fingerprint density at radius 1 is 1.39 bits per heavy atom. The molecule has 0 saturated heterocycles. The van der Waals surface area contributed by atoms with Crippen molar-refractivity contribution in [1.29, 1.82) is 0 Å². The van der Waals surface area contributed by atoms with Crippen LogP contribution in [-0.4, -0.2) is 38.3 Å². The van der Waals surface area contributed by atoms with E-state index in [0.29, 0.717) is 6.04 Å². The Balaban J connectivity index is 0.00000162. The molecule has 2 rings (SSSR count). The van der Waals surface area contributed by atoms with Gasteiger partial charge in [0.2, 0.25) is 0 Å². The van der Waals surface area contributed by atoms with Crippen LogP contribution in [0.4, 0.5) is 0 Å². The molecule has 2 N–H and O–H groups in total. The molecule has 0 aliphatic heterocycles. The summed E-state index contributed by atoms with van der Waals surface area (Å²) in [6, 6.07) is 0.625. The second-order valence-electron chi connectivity index (χ2n) is 5.24. The van der Waals surface area contributed by atoms with Crippen LogP contribution in [0.25, 0.3) is 0 Å². The van der Waals surface area contributed by atoms with Crippen molar-refractivity contribution in [3.8, 4) is 0 Å². The molecule has 0 radical (unpaired) electrons. The first-order chi connectivity index (χ1) is 8.29. The largest absolute Gasteiger partial charge is 0.379 e. The number of guanidine groups is 1. The van der Waals surface area contributed by atoms with Crippen LogP contribution < -0.4 is 10.6 Å². The molecule has 2 saturated carbocycles. The topological polar surface area (TPSA) is 45.7 Å². The van der Waals surface area contributed by atoms with Crippen molar-refractivity contribution in [3.05, 3.63) is 0 Å². The second-order valence-corrected chi connectivity index (χ2v) is 5.24. The summed E-state index contributed by atoms with van der Waals surface area (Å²) in [6.45, 7) is 7.70. The van der Waals surface area contributed by atoms with Crippen molar-refractivity contribution in [1.82, 2.24) is 10.6 Å². The Bertz CT molecular complexity index is 269. The molecular formula is C13H26IN3O. The summed E-state index contributed by atoms with van der Waals surface area (Å²) in [7, 11) is 0. The lowest BCUT2D eigenvalue weighted by atomic mass is 10.5. The van der Waals surface area contributed by atoms with E-state index in [-0.39, 0.29) is 24.0 Å². The third-order valence-corrected chi connectivity index (χ3v) is 3.33. The average molecular weight is 367 g/mol. The lowest BCUT2D eigenvalue weighted by Crippen LogP contribution is -2.39. The molecule has 18 heavy (non-hydrogen) atoms. The smallest absolute Gasteiger partial charge is 0.191 e. The highest BCUT2D eigenvalue weighted by Gasteiger charge is 2.33. The summed E-state index contributed by atoms with van der Waals surface area (Å²) >= 11 is 0. The van der Waals surface area contributed by atoms with E-state index in [1.54, 1.807) is 0 Å². The van der Waals surface area contributed by atoms with Gasteiger partial charge in [0.25, 0.3) is 0 Å². The average Bonchev–Trinajstić information content (AvgIpc) is 3.19. The molecule has 4 nitrogen and oxygen atoms in total. The summed E-state index contributed by atoms with van der Waals surface area (Å²) in [6.07, 6.45) is 3.97. The van der Waals surface area contributed by atoms with Crippen molar-refractivity contribution in [2.24, 2.45) is 16.8 Å². The fourth-order valence-corrected chi connectivity index (χ4v) is 1.78. The molecular weight excluding hydrogens is 341 g/mol. The normalized spacial score (nSPS) is 26.4. The van der Waals surface area contributed by atoms with Gasteiger partial charge in [0, 0.05) is 19.2 Å². The third-order valence-electron chi connectivity index (χ3n) is 3.33. The molecule has 0 aromatic carbocycles. The van der Waals surface area contributed by atoms with Crippen LogP contribution in [0, 0.1) is 11.8 Å². The molecule has 0 spiro atoms. The van der Waals surface area contributed by atoms with Crippen molar-refractivity contribution >= 4 is 29.9 Å². The van der Waals surface area contributed by atoms with E-state index < -0.39 is 0 Å². The molecule has 0 aromatic rings. The quantitative estimate of drug-likeness (QED) is 0.313. The van der Waals surface area contributed by atoms with Crippen LogP contribution in [0.3, 0.4) is 0 Å². The van der Waals surface area contributed by atoms with Gasteiger partial charge in [-0.2, -0.15) is 0 Å². The first-order valence-electron chi connectivity index (χ1n) is 6.92. The van der Waals surface area contributed by atoms with Gasteiger partial charge in [-0.15, -0.1) is 24.0 Å². The Labute approximate surface area is 127 Å². The molecule has 2 aliphatic rings. The van der Waals surface area contributed by atoms with E-state index in [2.05, 4.69) is 29.5 Å². The number of aliphatic imine (C=N–C) groups is 1. The van der Waals surface area contributed by atoms with Gasteiger partial charge in [0.05, 0.1) is 13.2 Å². The van der Waals surface area contributed by atoms with Gasteiger partial charge >= 0.3 is 0 Å². The summed E-state index contributed by atoms with van der Waals surface area (Å²) in [5.74, 6) is 2.58. The Morgan fingerprint density at radius 3 is 2.67 bits per heavy atom. The zero-order chi connectivity index (χ0) is 12.1. The minimum atomic E-state index is 0. The molecule has 0 amide bonds. The highest BCUT2D eigenvalue weighted by molar-refractivity contribution is 14.0. The van der Waals surface area contributed by atoms with Crippen LogP contribution in [0.2, 0.25) is 0 Å². The van der Waals surface area contributed by atoms with Crippen molar-refractivity contribution in [2.45, 2.75) is 39.2 Å². The van der Waals surface area contributed by atoms with Crippen LogP contribution >= 0.6 is 24.0 Å². The molecule has 2 aliphatic carbocycles. The van der Waals surface area contributed by atoms with Crippen molar-refractivity contribution in [3.63, 3.8) is 0 Å². The molecule has 0 aromatic heterocycles. The van der Waals surface area contributed by atoms with Crippen LogP contribution in [0.1, 0.15) is 33.1 Å². The highest BCUT2D eigenvalue weighted by Crippen LogP contribution is 2.29. The summed E-state index contributed by atoms with van der Waals surface area (Å²) in [5.41, 5.74) is 0. The molecule has 0 bridgehead atoms. The molecule has 106 valence electrons. The van der Waals surface area contributed by atoms with Gasteiger partial charge in [-0.25, -0.2) is 0 Å². The Hall–Kier alpha value is -0.0400. The first kappa shape index (κ1) is 16.0. The monoisotopic (exact) mass is 367 g/mol. The fourth-order valence-electron chi connectivity index (χ4n) is 1.78. The predicted octanol–water partition coefficient (Wildman–Crippen LogP) is 1.99. The lowest BCUT2D eigenvalue weighted by Gasteiger charge is -2.10. The number of nitrogens with zero attached hydrogens (tertiary/aromatic N) is 1. The number of ether oxygens (including phenoxy) is 1. The lowest BCUT2D eigenvalue weighted by molar-refractivity contribution is 0.131. The molecule has 2 fully saturated rings. The maximum Gasteiger partial charge on any atom is 0.191 e. The number of halogens is 1. The SMILES string of the molecule is CCNC(=NCCOCC1CC1)NC1CC1C.I. The minimum absolute atomic E-state index is 0. The van der Waals surface area contributed by atoms with E-state index >= 15 is 0 Å². The van der Waals surface area contributed by atoms with E-state index in [4.69, 9.17) is 4.74 Å². The predicted molar refractivity (Wildman–Crippen MR) is 85.6 cm³/mol. The van der Waals surface area contributed by atoms with E-state index in [1.165, 1.54) is 19.3 Å². The Kier molecular flexibility index (Phi) is 7.29. The van der Waals surface area contributed by atoms with Gasteiger partial charge in [0.15, 0.2) is 5.96 Å². The maximum atomic E-state index is 5.57. The summed E-state index contributed by atoms with van der Waals surface area (Å²) in [5, 5.41) is 6.71. The molecule has 0 heterocycles. The Morgan fingerprint density at radius 2 is 2.11 bits per heavy atom. The number of rotatable bonds is 7. The van der Waals surface area contributed by atoms with E-state index in [0.717, 1.165) is 44.1 Å². The first-order valence-corrected chi connectivity index (χ1v) is 6.92. The van der Waals surface area contributed by atoms with Gasteiger partial charge in [-0.3, -0.25) is 4.99 Å². The number of hydrogen-bond donors (Lipinski definition) is 2. The third kappa shape index (κ3) is 6.22. The van der Waals surface area contributed by atoms with Gasteiger partial charge < -0.3 is 15.4 Å². The fraction of sp³-hybridized carbons (Fsp3) is 0.923. The summed E-state index contributed by atoms with van der Waals surface area (Å²) in [4.78, 5) is 4.51. The van der Waals surface area contributed by atoms with Crippen LogP contribution in [-0.2, 0) is 4.74 Å². The zero-order valence-corrected chi connectivity index (χ0v) is 13.8. The van der Waals surface area contributed by atoms with Crippen LogP contribution in [0.15, 0.2) is 4.99 Å². The molecule has 5 heteroatoms. The van der Waals surface area contributed by atoms with Gasteiger partial charge in [-0.1, -0.05) is 6.92 Å². The zero-order valence-electron chi connectivity index (χ0n) is 11.4. The minimum Gasteiger partial charge on any atom is -0.379 e. The van der Waals surface area contributed by atoms with Crippen molar-refractivity contribution in [2.75, 3.05) is 26.3 Å².